The largest absolute Gasteiger partial charge is 0.352 e. The topological polar surface area (TPSA) is 58.2 Å². The van der Waals surface area contributed by atoms with Crippen molar-refractivity contribution >= 4 is 11.8 Å². The molecule has 2 N–H and O–H groups in total. The van der Waals surface area contributed by atoms with Crippen LogP contribution < -0.4 is 10.6 Å². The number of hydrogen-bond acceptors (Lipinski definition) is 2. The van der Waals surface area contributed by atoms with Crippen molar-refractivity contribution in [2.45, 2.75) is 37.8 Å². The second kappa shape index (κ2) is 9.40. The van der Waals surface area contributed by atoms with Crippen molar-refractivity contribution in [3.8, 4) is 0 Å². The highest BCUT2D eigenvalue weighted by atomic mass is 16.2. The van der Waals surface area contributed by atoms with Crippen LogP contribution in [0.2, 0.25) is 0 Å². The molecule has 0 unspecified atom stereocenters. The summed E-state index contributed by atoms with van der Waals surface area (Å²) in [5.74, 6) is -0.00851. The lowest BCUT2D eigenvalue weighted by atomic mass is 9.88. The fraction of sp³-hybridized carbons (Fsp3) is 0.231. The lowest BCUT2D eigenvalue weighted by Gasteiger charge is -2.18. The molecule has 4 rings (SSSR count). The van der Waals surface area contributed by atoms with Gasteiger partial charge < -0.3 is 10.6 Å². The summed E-state index contributed by atoms with van der Waals surface area (Å²) in [5.41, 5.74) is 3.89. The van der Waals surface area contributed by atoms with E-state index in [-0.39, 0.29) is 17.7 Å². The Balaban J connectivity index is 1.36. The van der Waals surface area contributed by atoms with Crippen LogP contribution in [0.15, 0.2) is 84.9 Å². The number of benzene rings is 3. The molecule has 0 bridgehead atoms. The Morgan fingerprint density at radius 2 is 1.37 bits per heavy atom. The molecule has 3 aromatic carbocycles. The Bertz CT molecular complexity index is 941. The predicted molar refractivity (Wildman–Crippen MR) is 118 cm³/mol. The Morgan fingerprint density at radius 1 is 0.800 bits per heavy atom. The second-order valence-corrected chi connectivity index (χ2v) is 7.80. The van der Waals surface area contributed by atoms with Gasteiger partial charge >= 0.3 is 0 Å². The Labute approximate surface area is 177 Å². The summed E-state index contributed by atoms with van der Waals surface area (Å²) in [6.07, 6.45) is 2.53. The van der Waals surface area contributed by atoms with E-state index in [1.165, 1.54) is 0 Å². The van der Waals surface area contributed by atoms with Crippen LogP contribution in [0, 0.1) is 0 Å². The van der Waals surface area contributed by atoms with Gasteiger partial charge in [-0.05, 0) is 41.7 Å². The molecule has 152 valence electrons. The van der Waals surface area contributed by atoms with Gasteiger partial charge in [-0.25, -0.2) is 0 Å². The van der Waals surface area contributed by atoms with E-state index < -0.39 is 0 Å². The average Bonchev–Trinajstić information content (AvgIpc) is 3.61. The number of hydrogen-bond donors (Lipinski definition) is 2. The first-order valence-corrected chi connectivity index (χ1v) is 10.5. The van der Waals surface area contributed by atoms with Crippen LogP contribution in [-0.4, -0.2) is 17.9 Å². The summed E-state index contributed by atoms with van der Waals surface area (Å²) in [4.78, 5) is 24.8. The third-order valence-electron chi connectivity index (χ3n) is 5.41. The van der Waals surface area contributed by atoms with E-state index in [2.05, 4.69) is 34.9 Å². The lowest BCUT2D eigenvalue weighted by molar-refractivity contribution is -0.121. The molecule has 0 saturated heterocycles. The van der Waals surface area contributed by atoms with Crippen LogP contribution in [-0.2, 0) is 11.3 Å². The summed E-state index contributed by atoms with van der Waals surface area (Å²) in [7, 11) is 0. The minimum Gasteiger partial charge on any atom is -0.352 e. The van der Waals surface area contributed by atoms with Gasteiger partial charge in [0.25, 0.3) is 5.91 Å². The fourth-order valence-corrected chi connectivity index (χ4v) is 3.53. The second-order valence-electron chi connectivity index (χ2n) is 7.80. The van der Waals surface area contributed by atoms with Crippen molar-refractivity contribution in [2.75, 3.05) is 0 Å². The summed E-state index contributed by atoms with van der Waals surface area (Å²) in [5, 5.41) is 6.00. The fourth-order valence-electron chi connectivity index (χ4n) is 3.53. The highest BCUT2D eigenvalue weighted by Gasteiger charge is 2.23. The van der Waals surface area contributed by atoms with Crippen molar-refractivity contribution < 1.29 is 9.59 Å². The van der Waals surface area contributed by atoms with Gasteiger partial charge in [0.2, 0.25) is 5.91 Å². The molecule has 0 heterocycles. The van der Waals surface area contributed by atoms with E-state index in [4.69, 9.17) is 0 Å². The average molecular weight is 399 g/mol. The van der Waals surface area contributed by atoms with Crippen LogP contribution in [0.3, 0.4) is 0 Å². The van der Waals surface area contributed by atoms with Crippen molar-refractivity contribution in [2.24, 2.45) is 0 Å². The van der Waals surface area contributed by atoms with Crippen molar-refractivity contribution in [3.63, 3.8) is 0 Å². The van der Waals surface area contributed by atoms with Crippen LogP contribution in [0.4, 0.5) is 0 Å². The summed E-state index contributed by atoms with van der Waals surface area (Å²) in [6, 6.07) is 28.0. The number of nitrogens with one attached hydrogen (secondary N) is 2. The first-order valence-electron chi connectivity index (χ1n) is 10.5. The Kier molecular flexibility index (Phi) is 6.23. The van der Waals surface area contributed by atoms with Crippen molar-refractivity contribution in [3.05, 3.63) is 107 Å². The Morgan fingerprint density at radius 3 is 1.90 bits per heavy atom. The molecule has 0 aromatic heterocycles. The monoisotopic (exact) mass is 398 g/mol. The van der Waals surface area contributed by atoms with Crippen molar-refractivity contribution in [1.82, 2.24) is 10.6 Å². The third-order valence-corrected chi connectivity index (χ3v) is 5.41. The normalized spacial score (nSPS) is 13.1. The molecule has 1 aliphatic carbocycles. The van der Waals surface area contributed by atoms with Crippen molar-refractivity contribution in [1.29, 1.82) is 0 Å². The maximum atomic E-state index is 12.7. The lowest BCUT2D eigenvalue weighted by Crippen LogP contribution is -2.26. The molecule has 2 amide bonds. The predicted octanol–water partition coefficient (Wildman–Crippen LogP) is 4.42. The molecule has 1 fully saturated rings. The zero-order valence-electron chi connectivity index (χ0n) is 16.9. The van der Waals surface area contributed by atoms with E-state index in [9.17, 15) is 9.59 Å². The minimum absolute atomic E-state index is 0.00302. The summed E-state index contributed by atoms with van der Waals surface area (Å²) in [6.45, 7) is 0.444. The zero-order valence-corrected chi connectivity index (χ0v) is 16.9. The molecule has 0 radical (unpaired) electrons. The zero-order chi connectivity index (χ0) is 20.8. The maximum absolute atomic E-state index is 12.7. The van der Waals surface area contributed by atoms with Gasteiger partial charge in [-0.3, -0.25) is 9.59 Å². The van der Waals surface area contributed by atoms with Crippen LogP contribution >= 0.6 is 0 Å². The first-order chi connectivity index (χ1) is 14.7. The summed E-state index contributed by atoms with van der Waals surface area (Å²) < 4.78 is 0. The van der Waals surface area contributed by atoms with Gasteiger partial charge in [0, 0.05) is 30.5 Å². The van der Waals surface area contributed by atoms with Gasteiger partial charge in [0.1, 0.15) is 0 Å². The van der Waals surface area contributed by atoms with E-state index in [0.29, 0.717) is 24.6 Å². The van der Waals surface area contributed by atoms with Gasteiger partial charge in [-0.1, -0.05) is 72.8 Å². The standard InChI is InChI=1S/C26H26N2O2/c29-25(17-24(20-7-3-1-4-8-20)21-9-5-2-6-10-21)27-18-19-11-13-22(14-12-19)26(30)28-23-15-16-23/h1-14,23-24H,15-18H2,(H,27,29)(H,28,30). The maximum Gasteiger partial charge on any atom is 0.251 e. The highest BCUT2D eigenvalue weighted by Crippen LogP contribution is 2.27. The SMILES string of the molecule is O=C(CC(c1ccccc1)c1ccccc1)NCc1ccc(C(=O)NC2CC2)cc1. The molecule has 1 aliphatic rings. The van der Waals surface area contributed by atoms with Crippen LogP contribution in [0.1, 0.15) is 52.2 Å². The molecule has 3 aromatic rings. The minimum atomic E-state index is -0.0263. The Hall–Kier alpha value is -3.40. The molecule has 0 spiro atoms. The molecule has 30 heavy (non-hydrogen) atoms. The quantitative estimate of drug-likeness (QED) is 0.590. The van der Waals surface area contributed by atoms with E-state index in [1.54, 1.807) is 0 Å². The van der Waals surface area contributed by atoms with Crippen LogP contribution in [0.5, 0.6) is 0 Å². The molecular formula is C26H26N2O2. The van der Waals surface area contributed by atoms with Crippen LogP contribution in [0.25, 0.3) is 0 Å². The molecule has 4 nitrogen and oxygen atoms in total. The van der Waals surface area contributed by atoms with E-state index >= 15 is 0 Å². The molecule has 0 atom stereocenters. The molecule has 1 saturated carbocycles. The number of carbonyl (C=O) groups is 2. The number of carbonyl (C=O) groups excluding carboxylic acids is 2. The summed E-state index contributed by atoms with van der Waals surface area (Å²) >= 11 is 0. The first kappa shape index (κ1) is 19.9. The van der Waals surface area contributed by atoms with Gasteiger partial charge in [-0.2, -0.15) is 0 Å². The van der Waals surface area contributed by atoms with Gasteiger partial charge in [0.05, 0.1) is 0 Å². The highest BCUT2D eigenvalue weighted by molar-refractivity contribution is 5.94. The van der Waals surface area contributed by atoms with Gasteiger partial charge in [-0.15, -0.1) is 0 Å². The van der Waals surface area contributed by atoms with Gasteiger partial charge in [0.15, 0.2) is 0 Å². The number of rotatable bonds is 8. The van der Waals surface area contributed by atoms with E-state index in [0.717, 1.165) is 29.5 Å². The molecule has 0 aliphatic heterocycles. The third kappa shape index (κ3) is 5.35. The van der Waals surface area contributed by atoms with E-state index in [1.807, 2.05) is 60.7 Å². The molecular weight excluding hydrogens is 372 g/mol. The number of amides is 2. The molecule has 4 heteroatoms. The smallest absolute Gasteiger partial charge is 0.251 e.